The number of halogens is 1. The third kappa shape index (κ3) is 2.97. The summed E-state index contributed by atoms with van der Waals surface area (Å²) in [6.45, 7) is 7.00. The summed E-state index contributed by atoms with van der Waals surface area (Å²) in [5.74, 6) is 0.844. The Morgan fingerprint density at radius 3 is 2.58 bits per heavy atom. The van der Waals surface area contributed by atoms with Crippen LogP contribution in [0, 0.1) is 11.3 Å². The van der Waals surface area contributed by atoms with Gasteiger partial charge in [-0.3, -0.25) is 0 Å². The molecule has 0 aromatic carbocycles. The molecule has 0 bridgehead atoms. The molecule has 0 saturated heterocycles. The molecule has 0 aliphatic heterocycles. The van der Waals surface area contributed by atoms with Crippen LogP contribution >= 0.6 is 11.6 Å². The molecule has 1 rings (SSSR count). The molecule has 1 saturated carbocycles. The van der Waals surface area contributed by atoms with E-state index in [2.05, 4.69) is 20.8 Å². The van der Waals surface area contributed by atoms with Crippen molar-refractivity contribution in [2.45, 2.75) is 58.3 Å². The van der Waals surface area contributed by atoms with Crippen molar-refractivity contribution in [1.82, 2.24) is 0 Å². The van der Waals surface area contributed by atoms with Gasteiger partial charge in [0, 0.05) is 5.38 Å². The third-order valence-electron chi connectivity index (χ3n) is 3.10. The highest BCUT2D eigenvalue weighted by Crippen LogP contribution is 2.44. The van der Waals surface area contributed by atoms with Gasteiger partial charge in [0.1, 0.15) is 0 Å². The van der Waals surface area contributed by atoms with Crippen molar-refractivity contribution in [3.63, 3.8) is 0 Å². The van der Waals surface area contributed by atoms with Crippen molar-refractivity contribution in [3.8, 4) is 0 Å². The van der Waals surface area contributed by atoms with Gasteiger partial charge in [0.05, 0.1) is 0 Å². The predicted molar refractivity (Wildman–Crippen MR) is 55.7 cm³/mol. The molecule has 2 unspecified atom stereocenters. The molecule has 1 aliphatic carbocycles. The summed E-state index contributed by atoms with van der Waals surface area (Å²) in [6, 6.07) is 0. The van der Waals surface area contributed by atoms with E-state index in [1.54, 1.807) is 0 Å². The minimum Gasteiger partial charge on any atom is -0.123 e. The lowest BCUT2D eigenvalue weighted by atomic mass is 9.82. The van der Waals surface area contributed by atoms with Gasteiger partial charge in [-0.25, -0.2) is 0 Å². The van der Waals surface area contributed by atoms with Crippen LogP contribution in [0.5, 0.6) is 0 Å². The normalized spacial score (nSPS) is 36.2. The second-order valence-electron chi connectivity index (χ2n) is 5.08. The summed E-state index contributed by atoms with van der Waals surface area (Å²) in [4.78, 5) is 0. The van der Waals surface area contributed by atoms with Crippen LogP contribution in [-0.4, -0.2) is 5.38 Å². The Bertz CT molecular complexity index is 142. The van der Waals surface area contributed by atoms with E-state index in [9.17, 15) is 0 Å². The van der Waals surface area contributed by atoms with Crippen molar-refractivity contribution in [2.75, 3.05) is 0 Å². The maximum atomic E-state index is 6.11. The number of hydrogen-bond donors (Lipinski definition) is 0. The average molecular weight is 189 g/mol. The van der Waals surface area contributed by atoms with E-state index in [-0.39, 0.29) is 0 Å². The molecule has 0 N–H and O–H groups in total. The van der Waals surface area contributed by atoms with E-state index >= 15 is 0 Å². The van der Waals surface area contributed by atoms with Crippen molar-refractivity contribution >= 4 is 11.6 Å². The Balaban J connectivity index is 2.30. The molecule has 1 aliphatic rings. The smallest absolute Gasteiger partial charge is 0.0341 e. The summed E-state index contributed by atoms with van der Waals surface area (Å²) in [5.41, 5.74) is 0.566. The van der Waals surface area contributed by atoms with Crippen LogP contribution in [0.1, 0.15) is 52.9 Å². The minimum absolute atomic E-state index is 0.460. The lowest BCUT2D eigenvalue weighted by Crippen LogP contribution is -2.12. The van der Waals surface area contributed by atoms with Gasteiger partial charge in [-0.2, -0.15) is 0 Å². The average Bonchev–Trinajstić information content (AvgIpc) is 2.29. The SMILES string of the molecule is CC(C)CCC1(C)CCC(Cl)C1. The highest BCUT2D eigenvalue weighted by atomic mass is 35.5. The molecule has 0 radical (unpaired) electrons. The van der Waals surface area contributed by atoms with Crippen LogP contribution in [0.2, 0.25) is 0 Å². The third-order valence-corrected chi connectivity index (χ3v) is 3.47. The Hall–Kier alpha value is 0.290. The van der Waals surface area contributed by atoms with Gasteiger partial charge < -0.3 is 0 Å². The van der Waals surface area contributed by atoms with Gasteiger partial charge in [0.25, 0.3) is 0 Å². The van der Waals surface area contributed by atoms with Crippen LogP contribution in [0.3, 0.4) is 0 Å². The molecule has 0 nitrogen and oxygen atoms in total. The lowest BCUT2D eigenvalue weighted by molar-refractivity contribution is 0.282. The summed E-state index contributed by atoms with van der Waals surface area (Å²) in [6.07, 6.45) is 6.54. The van der Waals surface area contributed by atoms with Crippen molar-refractivity contribution in [3.05, 3.63) is 0 Å². The van der Waals surface area contributed by atoms with Crippen molar-refractivity contribution in [2.24, 2.45) is 11.3 Å². The zero-order valence-corrected chi connectivity index (χ0v) is 9.32. The Labute approximate surface area is 81.7 Å². The molecule has 12 heavy (non-hydrogen) atoms. The fraction of sp³-hybridized carbons (Fsp3) is 1.00. The van der Waals surface area contributed by atoms with Gasteiger partial charge in [-0.05, 0) is 37.0 Å². The first-order valence-electron chi connectivity index (χ1n) is 5.16. The molecule has 2 atom stereocenters. The fourth-order valence-electron chi connectivity index (χ4n) is 2.11. The highest BCUT2D eigenvalue weighted by molar-refractivity contribution is 6.20. The van der Waals surface area contributed by atoms with E-state index < -0.39 is 0 Å². The summed E-state index contributed by atoms with van der Waals surface area (Å²) < 4.78 is 0. The van der Waals surface area contributed by atoms with Crippen LogP contribution in [0.25, 0.3) is 0 Å². The maximum absolute atomic E-state index is 6.11. The largest absolute Gasteiger partial charge is 0.123 e. The summed E-state index contributed by atoms with van der Waals surface area (Å²) in [7, 11) is 0. The quantitative estimate of drug-likeness (QED) is 0.582. The first kappa shape index (κ1) is 10.4. The van der Waals surface area contributed by atoms with Crippen LogP contribution in [0.15, 0.2) is 0 Å². The van der Waals surface area contributed by atoms with Gasteiger partial charge in [-0.15, -0.1) is 11.6 Å². The molecular formula is C11H21Cl. The molecule has 0 heterocycles. The minimum atomic E-state index is 0.460. The van der Waals surface area contributed by atoms with Crippen molar-refractivity contribution in [1.29, 1.82) is 0 Å². The molecule has 0 aromatic heterocycles. The molecule has 0 spiro atoms. The number of rotatable bonds is 3. The summed E-state index contributed by atoms with van der Waals surface area (Å²) in [5, 5.41) is 0.460. The van der Waals surface area contributed by atoms with E-state index in [4.69, 9.17) is 11.6 Å². The molecule has 0 amide bonds. The van der Waals surface area contributed by atoms with Gasteiger partial charge in [-0.1, -0.05) is 27.2 Å². The van der Waals surface area contributed by atoms with Gasteiger partial charge in [0.2, 0.25) is 0 Å². The molecule has 0 aromatic rings. The zero-order chi connectivity index (χ0) is 9.19. The van der Waals surface area contributed by atoms with Gasteiger partial charge in [0.15, 0.2) is 0 Å². The second kappa shape index (κ2) is 4.00. The van der Waals surface area contributed by atoms with E-state index in [1.165, 1.54) is 32.1 Å². The first-order chi connectivity index (χ1) is 5.52. The fourth-order valence-corrected chi connectivity index (χ4v) is 2.59. The molecular weight excluding hydrogens is 168 g/mol. The van der Waals surface area contributed by atoms with Gasteiger partial charge >= 0.3 is 0 Å². The number of alkyl halides is 1. The standard InChI is InChI=1S/C11H21Cl/c1-9(2)4-6-11(3)7-5-10(12)8-11/h9-10H,4-8H2,1-3H3. The number of hydrogen-bond acceptors (Lipinski definition) is 0. The maximum Gasteiger partial charge on any atom is 0.0341 e. The van der Waals surface area contributed by atoms with E-state index in [0.717, 1.165) is 5.92 Å². The van der Waals surface area contributed by atoms with E-state index in [1.807, 2.05) is 0 Å². The second-order valence-corrected chi connectivity index (χ2v) is 5.70. The zero-order valence-electron chi connectivity index (χ0n) is 8.57. The lowest BCUT2D eigenvalue weighted by Gasteiger charge is -2.24. The first-order valence-corrected chi connectivity index (χ1v) is 5.59. The highest BCUT2D eigenvalue weighted by Gasteiger charge is 2.33. The molecule has 72 valence electrons. The van der Waals surface area contributed by atoms with Crippen LogP contribution < -0.4 is 0 Å². The Morgan fingerprint density at radius 1 is 1.50 bits per heavy atom. The molecule has 1 fully saturated rings. The van der Waals surface area contributed by atoms with Crippen LogP contribution in [-0.2, 0) is 0 Å². The Morgan fingerprint density at radius 2 is 2.17 bits per heavy atom. The topological polar surface area (TPSA) is 0 Å². The van der Waals surface area contributed by atoms with Crippen LogP contribution in [0.4, 0.5) is 0 Å². The molecule has 1 heteroatoms. The monoisotopic (exact) mass is 188 g/mol. The predicted octanol–water partition coefficient (Wildman–Crippen LogP) is 4.22. The van der Waals surface area contributed by atoms with Crippen molar-refractivity contribution < 1.29 is 0 Å². The Kier molecular flexibility index (Phi) is 3.46. The summed E-state index contributed by atoms with van der Waals surface area (Å²) >= 11 is 6.11. The van der Waals surface area contributed by atoms with E-state index in [0.29, 0.717) is 10.8 Å².